The molecule has 39 heavy (non-hydrogen) atoms. The number of phenolic OH excluding ortho intramolecular Hbond substituents is 2. The van der Waals surface area contributed by atoms with Crippen LogP contribution >= 0.6 is 0 Å². The van der Waals surface area contributed by atoms with Crippen LogP contribution in [-0.4, -0.2) is 85.0 Å². The summed E-state index contributed by atoms with van der Waals surface area (Å²) < 4.78 is 44.7. The van der Waals surface area contributed by atoms with Gasteiger partial charge in [-0.2, -0.15) is 4.31 Å². The molecule has 2 aliphatic rings. The molecule has 0 aliphatic carbocycles. The fourth-order valence-electron chi connectivity index (χ4n) is 4.90. The lowest BCUT2D eigenvalue weighted by molar-refractivity contribution is -0.0907. The number of hydrogen-bond donors (Lipinski definition) is 4. The van der Waals surface area contributed by atoms with Gasteiger partial charge in [-0.15, -0.1) is 0 Å². The van der Waals surface area contributed by atoms with Gasteiger partial charge in [-0.3, -0.25) is 0 Å². The number of rotatable bonds is 11. The number of phenols is 2. The number of benzene rings is 2. The minimum absolute atomic E-state index is 0.0563. The minimum atomic E-state index is -4.22. The highest BCUT2D eigenvalue weighted by molar-refractivity contribution is 7.89. The molecule has 0 saturated carbocycles. The second-order valence-electron chi connectivity index (χ2n) is 10.4. The molecular weight excluding hydrogens is 528 g/mol. The lowest BCUT2D eigenvalue weighted by Crippen LogP contribution is -2.51. The highest BCUT2D eigenvalue weighted by atomic mass is 32.2. The standard InChI is InChI=1S/C27H36N2O9S/c1-17(2)14-29(39(34,35)21-12-19(30)11-20(31)13-21)15-24(32)23(10-18-6-4-3-5-7-18)28-27(33)38-25-16-37-26-22(25)8-9-36-26/h3-7,11-13,17,22-26,30-32H,8-10,14-16H2,1-2H3,(H,28,33)/t22?,23-,24+,25?,26+/m0/s1. The third-order valence-electron chi connectivity index (χ3n) is 6.78. The van der Waals surface area contributed by atoms with Crippen molar-refractivity contribution in [2.24, 2.45) is 11.8 Å². The number of carbonyl (C=O) groups is 1. The maximum Gasteiger partial charge on any atom is 0.407 e. The van der Waals surface area contributed by atoms with Crippen LogP contribution in [0.4, 0.5) is 4.79 Å². The van der Waals surface area contributed by atoms with Gasteiger partial charge in [0, 0.05) is 31.3 Å². The molecule has 11 nitrogen and oxygen atoms in total. The molecule has 2 unspecified atom stereocenters. The molecule has 214 valence electrons. The predicted octanol–water partition coefficient (Wildman–Crippen LogP) is 2.20. The Kier molecular flexibility index (Phi) is 9.34. The molecule has 1 amide bonds. The number of amides is 1. The Balaban J connectivity index is 1.53. The van der Waals surface area contributed by atoms with Gasteiger partial charge < -0.3 is 34.8 Å². The van der Waals surface area contributed by atoms with Crippen LogP contribution in [0.1, 0.15) is 25.8 Å². The summed E-state index contributed by atoms with van der Waals surface area (Å²) in [6, 6.07) is 11.4. The maximum atomic E-state index is 13.5. The Morgan fingerprint density at radius 2 is 1.79 bits per heavy atom. The second-order valence-corrected chi connectivity index (χ2v) is 12.3. The summed E-state index contributed by atoms with van der Waals surface area (Å²) >= 11 is 0. The number of carbonyl (C=O) groups excluding carboxylic acids is 1. The molecule has 4 rings (SSSR count). The third-order valence-corrected chi connectivity index (χ3v) is 8.59. The van der Waals surface area contributed by atoms with Crippen LogP contribution < -0.4 is 5.32 Å². The molecule has 0 spiro atoms. The van der Waals surface area contributed by atoms with Crippen molar-refractivity contribution in [2.45, 2.75) is 56.1 Å². The van der Waals surface area contributed by atoms with E-state index in [0.29, 0.717) is 13.0 Å². The normalized spacial score (nSPS) is 22.5. The van der Waals surface area contributed by atoms with Crippen LogP contribution in [0.25, 0.3) is 0 Å². The number of aliphatic hydroxyl groups is 1. The zero-order valence-electron chi connectivity index (χ0n) is 22.0. The molecule has 0 aromatic heterocycles. The lowest BCUT2D eigenvalue weighted by atomic mass is 10.0. The van der Waals surface area contributed by atoms with Gasteiger partial charge in [0.25, 0.3) is 0 Å². The average molecular weight is 565 g/mol. The van der Waals surface area contributed by atoms with E-state index in [1.807, 2.05) is 44.2 Å². The van der Waals surface area contributed by atoms with Crippen LogP contribution in [0.3, 0.4) is 0 Å². The SMILES string of the molecule is CC(C)CN(C[C@@H](O)[C@H](Cc1ccccc1)NC(=O)OC1CO[C@H]2OCCC12)S(=O)(=O)c1cc(O)cc(O)c1. The Bertz CT molecular complexity index is 1200. The first-order valence-electron chi connectivity index (χ1n) is 13.0. The van der Waals surface area contributed by atoms with Gasteiger partial charge in [0.05, 0.1) is 36.2 Å². The maximum absolute atomic E-state index is 13.5. The number of fused-ring (bicyclic) bond motifs is 1. The summed E-state index contributed by atoms with van der Waals surface area (Å²) in [5, 5.41) is 33.8. The molecule has 5 atom stereocenters. The molecule has 2 saturated heterocycles. The van der Waals surface area contributed by atoms with Crippen LogP contribution in [0, 0.1) is 11.8 Å². The quantitative estimate of drug-likeness (QED) is 0.321. The topological polar surface area (TPSA) is 155 Å². The van der Waals surface area contributed by atoms with Gasteiger partial charge in [-0.05, 0) is 24.3 Å². The molecule has 12 heteroatoms. The van der Waals surface area contributed by atoms with E-state index in [9.17, 15) is 28.5 Å². The zero-order valence-corrected chi connectivity index (χ0v) is 22.8. The van der Waals surface area contributed by atoms with Crippen LogP contribution in [-0.2, 0) is 30.7 Å². The van der Waals surface area contributed by atoms with E-state index in [-0.39, 0.29) is 49.1 Å². The summed E-state index contributed by atoms with van der Waals surface area (Å²) in [4.78, 5) is 12.6. The Morgan fingerprint density at radius 1 is 1.10 bits per heavy atom. The minimum Gasteiger partial charge on any atom is -0.508 e. The van der Waals surface area contributed by atoms with Crippen molar-refractivity contribution in [3.05, 3.63) is 54.1 Å². The van der Waals surface area contributed by atoms with Crippen molar-refractivity contribution in [1.82, 2.24) is 9.62 Å². The third kappa shape index (κ3) is 7.40. The molecule has 0 bridgehead atoms. The fraction of sp³-hybridized carbons (Fsp3) is 0.519. The zero-order chi connectivity index (χ0) is 28.2. The highest BCUT2D eigenvalue weighted by Crippen LogP contribution is 2.33. The van der Waals surface area contributed by atoms with E-state index in [1.54, 1.807) is 0 Å². The average Bonchev–Trinajstić information content (AvgIpc) is 3.48. The summed E-state index contributed by atoms with van der Waals surface area (Å²) in [6.07, 6.45) is -2.00. The van der Waals surface area contributed by atoms with Crippen molar-refractivity contribution < 1.29 is 42.7 Å². The van der Waals surface area contributed by atoms with E-state index < -0.39 is 45.9 Å². The first kappa shape index (κ1) is 29.1. The molecule has 2 aromatic carbocycles. The van der Waals surface area contributed by atoms with E-state index in [4.69, 9.17) is 14.2 Å². The number of nitrogens with zero attached hydrogens (tertiary/aromatic N) is 1. The monoisotopic (exact) mass is 564 g/mol. The van der Waals surface area contributed by atoms with Crippen molar-refractivity contribution in [1.29, 1.82) is 0 Å². The molecule has 2 heterocycles. The number of aliphatic hydroxyl groups excluding tert-OH is 1. The van der Waals surface area contributed by atoms with Crippen molar-refractivity contribution in [3.8, 4) is 11.5 Å². The number of nitrogens with one attached hydrogen (secondary N) is 1. The molecule has 2 aromatic rings. The highest BCUT2D eigenvalue weighted by Gasteiger charge is 2.44. The number of hydrogen-bond acceptors (Lipinski definition) is 9. The number of alkyl carbamates (subject to hydrolysis) is 1. The second kappa shape index (κ2) is 12.5. The first-order valence-corrected chi connectivity index (χ1v) is 14.4. The molecule has 2 aliphatic heterocycles. The lowest BCUT2D eigenvalue weighted by Gasteiger charge is -2.31. The number of sulfonamides is 1. The van der Waals surface area contributed by atoms with Crippen LogP contribution in [0.15, 0.2) is 53.4 Å². The first-order chi connectivity index (χ1) is 18.5. The molecule has 2 fully saturated rings. The van der Waals surface area contributed by atoms with Crippen molar-refractivity contribution in [2.75, 3.05) is 26.3 Å². The summed E-state index contributed by atoms with van der Waals surface area (Å²) in [6.45, 7) is 4.11. The van der Waals surface area contributed by atoms with Gasteiger partial charge in [-0.1, -0.05) is 44.2 Å². The summed E-state index contributed by atoms with van der Waals surface area (Å²) in [7, 11) is -4.22. The van der Waals surface area contributed by atoms with Gasteiger partial charge in [0.1, 0.15) is 17.6 Å². The van der Waals surface area contributed by atoms with E-state index in [1.165, 1.54) is 0 Å². The molecular formula is C27H36N2O9S. The van der Waals surface area contributed by atoms with Crippen LogP contribution in [0.5, 0.6) is 11.5 Å². The Labute approximate surface area is 228 Å². The summed E-state index contributed by atoms with van der Waals surface area (Å²) in [5.74, 6) is -0.975. The van der Waals surface area contributed by atoms with Gasteiger partial charge in [-0.25, -0.2) is 13.2 Å². The number of aromatic hydroxyl groups is 2. The van der Waals surface area contributed by atoms with E-state index in [2.05, 4.69) is 5.32 Å². The Hall–Kier alpha value is -2.90. The van der Waals surface area contributed by atoms with Gasteiger partial charge in [0.2, 0.25) is 10.0 Å². The van der Waals surface area contributed by atoms with E-state index in [0.717, 1.165) is 28.1 Å². The van der Waals surface area contributed by atoms with Gasteiger partial charge in [0.15, 0.2) is 6.29 Å². The fourth-order valence-corrected chi connectivity index (χ4v) is 6.58. The largest absolute Gasteiger partial charge is 0.508 e. The molecule has 4 N–H and O–H groups in total. The molecule has 0 radical (unpaired) electrons. The smallest absolute Gasteiger partial charge is 0.407 e. The Morgan fingerprint density at radius 3 is 2.46 bits per heavy atom. The van der Waals surface area contributed by atoms with Crippen LogP contribution in [0.2, 0.25) is 0 Å². The van der Waals surface area contributed by atoms with E-state index >= 15 is 0 Å². The van der Waals surface area contributed by atoms with Crippen molar-refractivity contribution >= 4 is 16.1 Å². The number of ether oxygens (including phenoxy) is 3. The predicted molar refractivity (Wildman–Crippen MR) is 141 cm³/mol. The van der Waals surface area contributed by atoms with Gasteiger partial charge >= 0.3 is 6.09 Å². The van der Waals surface area contributed by atoms with Crippen molar-refractivity contribution in [3.63, 3.8) is 0 Å². The summed E-state index contributed by atoms with van der Waals surface area (Å²) in [5.41, 5.74) is 0.825.